The molecule has 0 saturated heterocycles. The molecular weight excluding hydrogens is 372 g/mol. The van der Waals surface area contributed by atoms with Crippen molar-refractivity contribution in [3.05, 3.63) is 47.5 Å². The Kier molecular flexibility index (Phi) is 3.39. The summed E-state index contributed by atoms with van der Waals surface area (Å²) in [6.45, 7) is 1.04. The summed E-state index contributed by atoms with van der Waals surface area (Å²) in [5, 5.41) is 2.95. The van der Waals surface area contributed by atoms with Crippen molar-refractivity contribution in [2.24, 2.45) is 5.92 Å². The minimum atomic E-state index is -0.969. The summed E-state index contributed by atoms with van der Waals surface area (Å²) in [7, 11) is 0. The second kappa shape index (κ2) is 5.89. The number of nitrogens with one attached hydrogen (secondary N) is 1. The zero-order valence-corrected chi connectivity index (χ0v) is 15.8. The van der Waals surface area contributed by atoms with E-state index in [1.165, 1.54) is 12.8 Å². The van der Waals surface area contributed by atoms with E-state index in [4.69, 9.17) is 14.2 Å². The van der Waals surface area contributed by atoms with Gasteiger partial charge in [-0.25, -0.2) is 0 Å². The van der Waals surface area contributed by atoms with Gasteiger partial charge < -0.3 is 24.4 Å². The zero-order chi connectivity index (χ0) is 19.6. The predicted octanol–water partition coefficient (Wildman–Crippen LogP) is 1.97. The standard InChI is InChI=1S/C22H20N2O5/c25-20(23-9-13-5-6-13)10-24-16-4-2-1-3-14(16)22(21(24)26)11-27-17-8-19-18(7-15(17)22)28-12-29-19/h1-4,7-8,13H,5-6,9-12H2,(H,23,25). The molecule has 2 amide bonds. The molecule has 1 N–H and O–H groups in total. The fourth-order valence-electron chi connectivity index (χ4n) is 4.50. The van der Waals surface area contributed by atoms with Crippen molar-refractivity contribution in [2.45, 2.75) is 18.3 Å². The third kappa shape index (κ3) is 2.36. The van der Waals surface area contributed by atoms with Gasteiger partial charge in [-0.2, -0.15) is 0 Å². The van der Waals surface area contributed by atoms with E-state index in [1.54, 1.807) is 11.0 Å². The first-order chi connectivity index (χ1) is 14.2. The minimum absolute atomic E-state index is 0.00417. The van der Waals surface area contributed by atoms with E-state index >= 15 is 0 Å². The molecule has 6 rings (SSSR count). The number of rotatable bonds is 4. The molecule has 0 radical (unpaired) electrons. The molecule has 1 fully saturated rings. The van der Waals surface area contributed by atoms with E-state index in [1.807, 2.05) is 30.3 Å². The predicted molar refractivity (Wildman–Crippen MR) is 103 cm³/mol. The number of hydrogen-bond acceptors (Lipinski definition) is 5. The molecule has 1 spiro atoms. The van der Waals surface area contributed by atoms with Gasteiger partial charge >= 0.3 is 0 Å². The van der Waals surface area contributed by atoms with Gasteiger partial charge in [0, 0.05) is 23.9 Å². The van der Waals surface area contributed by atoms with Crippen LogP contribution in [0.2, 0.25) is 0 Å². The van der Waals surface area contributed by atoms with Crippen LogP contribution < -0.4 is 24.4 Å². The largest absolute Gasteiger partial charge is 0.491 e. The monoisotopic (exact) mass is 392 g/mol. The van der Waals surface area contributed by atoms with Crippen molar-refractivity contribution in [1.29, 1.82) is 0 Å². The molecule has 7 nitrogen and oxygen atoms in total. The average Bonchev–Trinajstić information content (AvgIpc) is 3.26. The van der Waals surface area contributed by atoms with Crippen LogP contribution in [0.25, 0.3) is 0 Å². The van der Waals surface area contributed by atoms with Gasteiger partial charge in [-0.3, -0.25) is 9.59 Å². The van der Waals surface area contributed by atoms with Crippen molar-refractivity contribution in [3.8, 4) is 17.2 Å². The molecule has 1 unspecified atom stereocenters. The zero-order valence-electron chi connectivity index (χ0n) is 15.8. The van der Waals surface area contributed by atoms with Gasteiger partial charge in [-0.15, -0.1) is 0 Å². The van der Waals surface area contributed by atoms with Crippen LogP contribution in [-0.2, 0) is 15.0 Å². The van der Waals surface area contributed by atoms with Crippen molar-refractivity contribution in [2.75, 3.05) is 31.4 Å². The summed E-state index contributed by atoms with van der Waals surface area (Å²) in [5.74, 6) is 2.17. The number of carbonyl (C=O) groups is 2. The molecule has 2 aromatic carbocycles. The van der Waals surface area contributed by atoms with Gasteiger partial charge in [-0.1, -0.05) is 18.2 Å². The van der Waals surface area contributed by atoms with Gasteiger partial charge in [0.25, 0.3) is 0 Å². The Morgan fingerprint density at radius 1 is 1.07 bits per heavy atom. The number of nitrogens with zero attached hydrogens (tertiary/aromatic N) is 1. The molecule has 7 heteroatoms. The fourth-order valence-corrected chi connectivity index (χ4v) is 4.50. The molecule has 148 valence electrons. The van der Waals surface area contributed by atoms with Crippen LogP contribution in [0, 0.1) is 5.92 Å². The van der Waals surface area contributed by atoms with E-state index in [9.17, 15) is 9.59 Å². The molecule has 29 heavy (non-hydrogen) atoms. The Bertz CT molecular complexity index is 1050. The Balaban J connectivity index is 1.39. The number of carbonyl (C=O) groups excluding carboxylic acids is 2. The summed E-state index contributed by atoms with van der Waals surface area (Å²) in [4.78, 5) is 27.8. The molecule has 4 aliphatic rings. The van der Waals surface area contributed by atoms with Crippen LogP contribution in [-0.4, -0.2) is 38.3 Å². The molecule has 3 aliphatic heterocycles. The van der Waals surface area contributed by atoms with Gasteiger partial charge in [-0.05, 0) is 36.5 Å². The SMILES string of the molecule is O=C(CN1C(=O)C2(COc3cc4c(cc32)OCO4)c2ccccc21)NCC1CC1. The Morgan fingerprint density at radius 2 is 1.86 bits per heavy atom. The first kappa shape index (κ1) is 16.7. The summed E-state index contributed by atoms with van der Waals surface area (Å²) in [6, 6.07) is 11.3. The maximum Gasteiger partial charge on any atom is 0.246 e. The van der Waals surface area contributed by atoms with E-state index in [2.05, 4.69) is 5.32 Å². The van der Waals surface area contributed by atoms with Crippen LogP contribution in [0.1, 0.15) is 24.0 Å². The van der Waals surface area contributed by atoms with Crippen LogP contribution >= 0.6 is 0 Å². The number of ether oxygens (including phenoxy) is 3. The highest BCUT2D eigenvalue weighted by atomic mass is 16.7. The Hall–Kier alpha value is -3.22. The fraction of sp³-hybridized carbons (Fsp3) is 0.364. The number of benzene rings is 2. The number of fused-ring (bicyclic) bond motifs is 5. The van der Waals surface area contributed by atoms with Gasteiger partial charge in [0.2, 0.25) is 18.6 Å². The van der Waals surface area contributed by atoms with E-state index in [-0.39, 0.29) is 31.8 Å². The quantitative estimate of drug-likeness (QED) is 0.861. The van der Waals surface area contributed by atoms with E-state index in [0.717, 1.165) is 16.8 Å². The number of amides is 2. The molecule has 1 saturated carbocycles. The van der Waals surface area contributed by atoms with Crippen LogP contribution in [0.15, 0.2) is 36.4 Å². The van der Waals surface area contributed by atoms with Crippen LogP contribution in [0.4, 0.5) is 5.69 Å². The first-order valence-corrected chi connectivity index (χ1v) is 9.92. The lowest BCUT2D eigenvalue weighted by Gasteiger charge is -2.23. The molecule has 3 heterocycles. The molecule has 0 bridgehead atoms. The number of anilines is 1. The highest BCUT2D eigenvalue weighted by Crippen LogP contribution is 2.54. The number of para-hydroxylation sites is 1. The molecule has 1 aliphatic carbocycles. The maximum atomic E-state index is 13.7. The van der Waals surface area contributed by atoms with Crippen LogP contribution in [0.3, 0.4) is 0 Å². The van der Waals surface area contributed by atoms with E-state index in [0.29, 0.717) is 29.7 Å². The molecule has 0 aromatic heterocycles. The third-order valence-corrected chi connectivity index (χ3v) is 6.23. The van der Waals surface area contributed by atoms with Crippen LogP contribution in [0.5, 0.6) is 17.2 Å². The summed E-state index contributed by atoms with van der Waals surface area (Å²) in [5.41, 5.74) is 1.41. The Morgan fingerprint density at radius 3 is 2.69 bits per heavy atom. The second-order valence-corrected chi connectivity index (χ2v) is 8.05. The van der Waals surface area contributed by atoms with Gasteiger partial charge in [0.05, 0.1) is 0 Å². The first-order valence-electron chi connectivity index (χ1n) is 9.92. The number of hydrogen-bond donors (Lipinski definition) is 1. The highest BCUT2D eigenvalue weighted by molar-refractivity contribution is 6.13. The van der Waals surface area contributed by atoms with Gasteiger partial charge in [0.15, 0.2) is 11.5 Å². The summed E-state index contributed by atoms with van der Waals surface area (Å²) >= 11 is 0. The van der Waals surface area contributed by atoms with Crippen molar-refractivity contribution in [3.63, 3.8) is 0 Å². The lowest BCUT2D eigenvalue weighted by molar-refractivity contribution is -0.125. The smallest absolute Gasteiger partial charge is 0.246 e. The summed E-state index contributed by atoms with van der Waals surface area (Å²) < 4.78 is 16.9. The summed E-state index contributed by atoms with van der Waals surface area (Å²) in [6.07, 6.45) is 2.33. The molecule has 2 aromatic rings. The topological polar surface area (TPSA) is 77.1 Å². The van der Waals surface area contributed by atoms with Crippen molar-refractivity contribution in [1.82, 2.24) is 5.32 Å². The molecular formula is C22H20N2O5. The normalized spacial score (nSPS) is 23.2. The highest BCUT2D eigenvalue weighted by Gasteiger charge is 2.57. The van der Waals surface area contributed by atoms with Gasteiger partial charge in [0.1, 0.15) is 24.3 Å². The minimum Gasteiger partial charge on any atom is -0.491 e. The lowest BCUT2D eigenvalue weighted by Crippen LogP contribution is -2.46. The second-order valence-electron chi connectivity index (χ2n) is 8.05. The Labute approximate surface area is 167 Å². The van der Waals surface area contributed by atoms with Crippen molar-refractivity contribution >= 4 is 17.5 Å². The van der Waals surface area contributed by atoms with E-state index < -0.39 is 5.41 Å². The third-order valence-electron chi connectivity index (χ3n) is 6.23. The average molecular weight is 392 g/mol. The van der Waals surface area contributed by atoms with Crippen molar-refractivity contribution < 1.29 is 23.8 Å². The lowest BCUT2D eigenvalue weighted by atomic mass is 9.77. The molecule has 1 atom stereocenters. The maximum absolute atomic E-state index is 13.7.